The summed E-state index contributed by atoms with van der Waals surface area (Å²) in [6.07, 6.45) is 4.70. The van der Waals surface area contributed by atoms with Crippen LogP contribution in [0.1, 0.15) is 5.56 Å². The van der Waals surface area contributed by atoms with Gasteiger partial charge in [0, 0.05) is 0 Å². The summed E-state index contributed by atoms with van der Waals surface area (Å²) < 4.78 is 24.7. The van der Waals surface area contributed by atoms with E-state index in [2.05, 4.69) is 15.0 Å². The lowest BCUT2D eigenvalue weighted by Crippen LogP contribution is -2.12. The maximum absolute atomic E-state index is 11.2. The third kappa shape index (κ3) is 5.19. The molecule has 0 unspecified atom stereocenters. The highest BCUT2D eigenvalue weighted by atomic mass is 32.2. The standard InChI is InChI=1S/C11H14N4O2S2/c1-8-6-9(14-11(18-2)13-7-12)4-5-10(8)15-19(3,16)17/h4-6,15H,1-3H3,(H,13,14). The minimum Gasteiger partial charge on any atom is -0.284 e. The van der Waals surface area contributed by atoms with Crippen LogP contribution in [0, 0.1) is 18.4 Å². The molecular formula is C11H14N4O2S2. The third-order valence-electron chi connectivity index (χ3n) is 2.09. The van der Waals surface area contributed by atoms with Gasteiger partial charge in [0.25, 0.3) is 0 Å². The van der Waals surface area contributed by atoms with Crippen LogP contribution in [-0.4, -0.2) is 26.1 Å². The summed E-state index contributed by atoms with van der Waals surface area (Å²) in [7, 11) is -3.29. The Hall–Kier alpha value is -1.72. The topological polar surface area (TPSA) is 94.3 Å². The second-order valence-corrected chi connectivity index (χ2v) is 6.27. The Morgan fingerprint density at radius 2 is 2.16 bits per heavy atom. The average molecular weight is 298 g/mol. The maximum Gasteiger partial charge on any atom is 0.229 e. The number of nitrogens with zero attached hydrogens (tertiary/aromatic N) is 2. The molecule has 0 saturated heterocycles. The van der Waals surface area contributed by atoms with Crippen molar-refractivity contribution < 1.29 is 8.42 Å². The van der Waals surface area contributed by atoms with Crippen LogP contribution in [0.3, 0.4) is 0 Å². The zero-order valence-electron chi connectivity index (χ0n) is 10.8. The van der Waals surface area contributed by atoms with Gasteiger partial charge in [0.1, 0.15) is 0 Å². The van der Waals surface area contributed by atoms with Gasteiger partial charge in [-0.25, -0.2) is 13.4 Å². The van der Waals surface area contributed by atoms with Crippen LogP contribution in [0.4, 0.5) is 11.4 Å². The number of thioether (sulfide) groups is 1. The lowest BCUT2D eigenvalue weighted by Gasteiger charge is -2.08. The van der Waals surface area contributed by atoms with Crippen molar-refractivity contribution in [2.75, 3.05) is 17.2 Å². The Morgan fingerprint density at radius 3 is 2.63 bits per heavy atom. The van der Waals surface area contributed by atoms with Gasteiger partial charge in [0.05, 0.1) is 17.6 Å². The van der Waals surface area contributed by atoms with Gasteiger partial charge < -0.3 is 0 Å². The minimum atomic E-state index is -3.29. The predicted octanol–water partition coefficient (Wildman–Crippen LogP) is 1.79. The number of sulfonamides is 1. The monoisotopic (exact) mass is 298 g/mol. The summed E-state index contributed by atoms with van der Waals surface area (Å²) in [4.78, 5) is 4.23. The van der Waals surface area contributed by atoms with Gasteiger partial charge >= 0.3 is 0 Å². The molecule has 19 heavy (non-hydrogen) atoms. The Morgan fingerprint density at radius 1 is 1.47 bits per heavy atom. The molecule has 0 spiro atoms. The van der Waals surface area contributed by atoms with E-state index in [0.717, 1.165) is 11.8 Å². The molecule has 0 saturated carbocycles. The van der Waals surface area contributed by atoms with Gasteiger partial charge in [0.15, 0.2) is 11.4 Å². The molecule has 0 aromatic heterocycles. The fraction of sp³-hybridized carbons (Fsp3) is 0.273. The van der Waals surface area contributed by atoms with Crippen molar-refractivity contribution in [1.82, 2.24) is 5.32 Å². The Bertz CT molecular complexity index is 633. The highest BCUT2D eigenvalue weighted by Gasteiger charge is 2.05. The smallest absolute Gasteiger partial charge is 0.229 e. The van der Waals surface area contributed by atoms with Crippen LogP contribution in [0.5, 0.6) is 0 Å². The van der Waals surface area contributed by atoms with E-state index in [1.54, 1.807) is 37.6 Å². The number of hydrogen-bond acceptors (Lipinski definition) is 5. The summed E-state index contributed by atoms with van der Waals surface area (Å²) in [5.74, 6) is 0. The molecule has 0 bridgehead atoms. The Balaban J connectivity index is 3.03. The molecule has 0 aliphatic carbocycles. The van der Waals surface area contributed by atoms with Crippen molar-refractivity contribution in [2.45, 2.75) is 6.92 Å². The van der Waals surface area contributed by atoms with Crippen molar-refractivity contribution in [3.05, 3.63) is 23.8 Å². The lowest BCUT2D eigenvalue weighted by molar-refractivity contribution is 0.607. The molecule has 2 N–H and O–H groups in total. The Labute approximate surface area is 117 Å². The summed E-state index contributed by atoms with van der Waals surface area (Å²) in [5, 5.41) is 11.5. The highest BCUT2D eigenvalue weighted by molar-refractivity contribution is 8.13. The van der Waals surface area contributed by atoms with E-state index < -0.39 is 10.0 Å². The van der Waals surface area contributed by atoms with Gasteiger partial charge in [-0.3, -0.25) is 10.0 Å². The van der Waals surface area contributed by atoms with Gasteiger partial charge in [-0.1, -0.05) is 11.8 Å². The molecule has 0 aliphatic heterocycles. The normalized spacial score (nSPS) is 11.8. The van der Waals surface area contributed by atoms with Crippen molar-refractivity contribution >= 4 is 38.3 Å². The molecule has 102 valence electrons. The number of nitriles is 1. The number of anilines is 1. The number of rotatable bonds is 3. The van der Waals surface area contributed by atoms with Crippen LogP contribution in [0.25, 0.3) is 0 Å². The molecule has 0 radical (unpaired) electrons. The fourth-order valence-corrected chi connectivity index (χ4v) is 2.29. The van der Waals surface area contributed by atoms with Crippen molar-refractivity contribution in [3.8, 4) is 6.19 Å². The van der Waals surface area contributed by atoms with Crippen LogP contribution in [0.2, 0.25) is 0 Å². The number of aliphatic imine (C=N–C) groups is 1. The van der Waals surface area contributed by atoms with E-state index in [1.807, 2.05) is 0 Å². The first-order valence-corrected chi connectivity index (χ1v) is 8.33. The first-order chi connectivity index (χ1) is 8.85. The van der Waals surface area contributed by atoms with Crippen LogP contribution in [-0.2, 0) is 10.0 Å². The molecular weight excluding hydrogens is 284 g/mol. The minimum absolute atomic E-state index is 0.478. The van der Waals surface area contributed by atoms with Crippen LogP contribution >= 0.6 is 11.8 Å². The van der Waals surface area contributed by atoms with Crippen LogP contribution in [0.15, 0.2) is 23.2 Å². The molecule has 0 atom stereocenters. The molecule has 6 nitrogen and oxygen atoms in total. The first-order valence-electron chi connectivity index (χ1n) is 5.22. The van der Waals surface area contributed by atoms with E-state index in [4.69, 9.17) is 5.26 Å². The van der Waals surface area contributed by atoms with E-state index >= 15 is 0 Å². The second-order valence-electron chi connectivity index (χ2n) is 3.73. The van der Waals surface area contributed by atoms with E-state index in [0.29, 0.717) is 16.5 Å². The summed E-state index contributed by atoms with van der Waals surface area (Å²) in [6.45, 7) is 1.78. The second kappa shape index (κ2) is 6.45. The van der Waals surface area contributed by atoms with Crippen molar-refractivity contribution in [3.63, 3.8) is 0 Å². The average Bonchev–Trinajstić information content (AvgIpc) is 2.30. The molecule has 0 aliphatic rings. The molecule has 0 heterocycles. The highest BCUT2D eigenvalue weighted by Crippen LogP contribution is 2.23. The van der Waals surface area contributed by atoms with Crippen molar-refractivity contribution in [1.29, 1.82) is 5.26 Å². The molecule has 1 aromatic carbocycles. The van der Waals surface area contributed by atoms with Gasteiger partial charge in [-0.2, -0.15) is 5.26 Å². The van der Waals surface area contributed by atoms with Gasteiger partial charge in [-0.05, 0) is 36.9 Å². The van der Waals surface area contributed by atoms with Crippen molar-refractivity contribution in [2.24, 2.45) is 4.99 Å². The number of amidine groups is 1. The molecule has 0 fully saturated rings. The fourth-order valence-electron chi connectivity index (χ4n) is 1.32. The Kier molecular flexibility index (Phi) is 5.20. The van der Waals surface area contributed by atoms with Gasteiger partial charge in [0.2, 0.25) is 10.0 Å². The number of nitrogens with one attached hydrogen (secondary N) is 2. The van der Waals surface area contributed by atoms with Gasteiger partial charge in [-0.15, -0.1) is 0 Å². The summed E-state index contributed by atoms with van der Waals surface area (Å²) >= 11 is 1.31. The quantitative estimate of drug-likeness (QED) is 0.384. The first kappa shape index (κ1) is 15.3. The zero-order chi connectivity index (χ0) is 14.5. The molecule has 8 heteroatoms. The van der Waals surface area contributed by atoms with Crippen LogP contribution < -0.4 is 10.0 Å². The predicted molar refractivity (Wildman–Crippen MR) is 79.0 cm³/mol. The SMILES string of the molecule is CSC(=Nc1ccc(NS(C)(=O)=O)c(C)c1)NC#N. The zero-order valence-corrected chi connectivity index (χ0v) is 12.4. The molecule has 1 rings (SSSR count). The summed E-state index contributed by atoms with van der Waals surface area (Å²) in [6, 6.07) is 5.05. The number of aryl methyl sites for hydroxylation is 1. The molecule has 0 amide bonds. The van der Waals surface area contributed by atoms with E-state index in [9.17, 15) is 8.42 Å². The van der Waals surface area contributed by atoms with E-state index in [1.165, 1.54) is 11.8 Å². The number of hydrogen-bond donors (Lipinski definition) is 2. The molecule has 1 aromatic rings. The third-order valence-corrected chi connectivity index (χ3v) is 3.26. The maximum atomic E-state index is 11.2. The summed E-state index contributed by atoms with van der Waals surface area (Å²) in [5.41, 5.74) is 1.91. The lowest BCUT2D eigenvalue weighted by atomic mass is 10.2. The number of benzene rings is 1. The van der Waals surface area contributed by atoms with E-state index in [-0.39, 0.29) is 0 Å². The largest absolute Gasteiger partial charge is 0.284 e.